The van der Waals surface area contributed by atoms with Crippen LogP contribution in [-0.2, 0) is 9.57 Å². The summed E-state index contributed by atoms with van der Waals surface area (Å²) in [6.45, 7) is 4.05. The Balaban J connectivity index is 2.40. The molecular formula is C16H20N4O6. The predicted octanol–water partition coefficient (Wildman–Crippen LogP) is 3.36. The second kappa shape index (κ2) is 8.90. The maximum absolute atomic E-state index is 11.0. The van der Waals surface area contributed by atoms with E-state index in [0.29, 0.717) is 18.0 Å². The van der Waals surface area contributed by atoms with Crippen molar-refractivity contribution in [3.8, 4) is 0 Å². The van der Waals surface area contributed by atoms with Gasteiger partial charge in [-0.3, -0.25) is 15.0 Å². The Morgan fingerprint density at radius 1 is 1.23 bits per heavy atom. The highest BCUT2D eigenvalue weighted by Gasteiger charge is 2.30. The molecule has 0 fully saturated rings. The standard InChI is InChI=1S/C16H20N4O6/c1-3-4-11-25-15(13-5-7-14(8-6-13)19(21)22)16(26-20(23)24)18-10-9-17-12(18)2/h5-10,15-16H,3-4,11H2,1-2H3. The van der Waals surface area contributed by atoms with Crippen molar-refractivity contribution in [2.75, 3.05) is 6.61 Å². The van der Waals surface area contributed by atoms with E-state index in [2.05, 4.69) is 4.98 Å². The molecule has 10 nitrogen and oxygen atoms in total. The van der Waals surface area contributed by atoms with Crippen molar-refractivity contribution in [3.63, 3.8) is 0 Å². The molecule has 140 valence electrons. The molecule has 1 heterocycles. The van der Waals surface area contributed by atoms with Crippen LogP contribution >= 0.6 is 0 Å². The van der Waals surface area contributed by atoms with E-state index in [1.54, 1.807) is 13.1 Å². The van der Waals surface area contributed by atoms with Gasteiger partial charge in [-0.15, -0.1) is 10.1 Å². The van der Waals surface area contributed by atoms with Crippen LogP contribution in [0.4, 0.5) is 5.69 Å². The van der Waals surface area contributed by atoms with Gasteiger partial charge < -0.3 is 9.30 Å². The molecule has 10 heteroatoms. The molecule has 0 aliphatic rings. The van der Waals surface area contributed by atoms with Gasteiger partial charge in [0, 0.05) is 31.1 Å². The number of hydrogen-bond acceptors (Lipinski definition) is 7. The minimum absolute atomic E-state index is 0.0772. The average molecular weight is 364 g/mol. The molecule has 2 rings (SSSR count). The second-order valence-corrected chi connectivity index (χ2v) is 5.59. The zero-order chi connectivity index (χ0) is 19.1. The summed E-state index contributed by atoms with van der Waals surface area (Å²) in [7, 11) is 0. The Bertz CT molecular complexity index is 745. The lowest BCUT2D eigenvalue weighted by molar-refractivity contribution is -0.778. The summed E-state index contributed by atoms with van der Waals surface area (Å²) in [6, 6.07) is 5.68. The van der Waals surface area contributed by atoms with Gasteiger partial charge in [0.15, 0.2) is 0 Å². The number of aromatic nitrogens is 2. The highest BCUT2D eigenvalue weighted by molar-refractivity contribution is 5.34. The number of nitrogens with zero attached hydrogens (tertiary/aromatic N) is 4. The molecule has 2 aromatic rings. The highest BCUT2D eigenvalue weighted by atomic mass is 17.0. The quantitative estimate of drug-likeness (QED) is 0.360. The van der Waals surface area contributed by atoms with Crippen LogP contribution in [0.5, 0.6) is 0 Å². The summed E-state index contributed by atoms with van der Waals surface area (Å²) in [4.78, 5) is 30.3. The molecule has 0 N–H and O–H groups in total. The first-order valence-corrected chi connectivity index (χ1v) is 8.10. The van der Waals surface area contributed by atoms with E-state index in [1.807, 2.05) is 6.92 Å². The number of imidazole rings is 1. The smallest absolute Gasteiger partial charge is 0.296 e. The SMILES string of the molecule is CCCCOC(c1ccc([N+](=O)[O-])cc1)C(O[N+](=O)[O-])n1ccnc1C. The Kier molecular flexibility index (Phi) is 6.61. The first-order valence-electron chi connectivity index (χ1n) is 8.10. The van der Waals surface area contributed by atoms with Crippen LogP contribution in [-0.4, -0.2) is 26.2 Å². The molecule has 0 aliphatic heterocycles. The van der Waals surface area contributed by atoms with Gasteiger partial charge in [-0.1, -0.05) is 13.3 Å². The average Bonchev–Trinajstić information content (AvgIpc) is 3.03. The summed E-state index contributed by atoms with van der Waals surface area (Å²) in [5.74, 6) is 0.517. The number of non-ortho nitro benzene ring substituents is 1. The van der Waals surface area contributed by atoms with Crippen LogP contribution in [0, 0.1) is 27.2 Å². The third-order valence-electron chi connectivity index (χ3n) is 3.82. The number of nitro groups is 1. The Labute approximate surface area is 149 Å². The lowest BCUT2D eigenvalue weighted by Crippen LogP contribution is -2.26. The van der Waals surface area contributed by atoms with Crippen LogP contribution in [0.15, 0.2) is 36.7 Å². The Morgan fingerprint density at radius 2 is 1.92 bits per heavy atom. The number of nitro benzene ring substituents is 1. The summed E-state index contributed by atoms with van der Waals surface area (Å²) >= 11 is 0. The van der Waals surface area contributed by atoms with Crippen molar-refractivity contribution in [2.45, 2.75) is 39.0 Å². The fourth-order valence-electron chi connectivity index (χ4n) is 2.48. The topological polar surface area (TPSA) is 123 Å². The lowest BCUT2D eigenvalue weighted by atomic mass is 10.1. The summed E-state index contributed by atoms with van der Waals surface area (Å²) in [5, 5.41) is 21.0. The largest absolute Gasteiger partial charge is 0.369 e. The zero-order valence-corrected chi connectivity index (χ0v) is 14.5. The minimum Gasteiger partial charge on any atom is -0.369 e. The molecule has 1 aromatic carbocycles. The van der Waals surface area contributed by atoms with Crippen molar-refractivity contribution in [3.05, 3.63) is 68.3 Å². The third-order valence-corrected chi connectivity index (χ3v) is 3.82. The maximum atomic E-state index is 11.0. The molecule has 1 aromatic heterocycles. The Morgan fingerprint density at radius 3 is 2.42 bits per heavy atom. The van der Waals surface area contributed by atoms with E-state index in [1.165, 1.54) is 35.0 Å². The molecule has 0 saturated carbocycles. The van der Waals surface area contributed by atoms with E-state index in [9.17, 15) is 20.2 Å². The van der Waals surface area contributed by atoms with E-state index >= 15 is 0 Å². The number of unbranched alkanes of at least 4 members (excludes halogenated alkanes) is 1. The van der Waals surface area contributed by atoms with E-state index in [4.69, 9.17) is 9.57 Å². The monoisotopic (exact) mass is 364 g/mol. The van der Waals surface area contributed by atoms with Crippen LogP contribution < -0.4 is 0 Å². The molecule has 0 spiro atoms. The van der Waals surface area contributed by atoms with Crippen molar-refractivity contribution < 1.29 is 19.6 Å². The number of ether oxygens (including phenoxy) is 1. The summed E-state index contributed by atoms with van der Waals surface area (Å²) in [6.07, 6.45) is 2.77. The highest BCUT2D eigenvalue weighted by Crippen LogP contribution is 2.33. The van der Waals surface area contributed by atoms with Gasteiger partial charge in [0.2, 0.25) is 6.23 Å². The van der Waals surface area contributed by atoms with Gasteiger partial charge in [0.25, 0.3) is 10.8 Å². The number of aryl methyl sites for hydroxylation is 1. The van der Waals surface area contributed by atoms with E-state index in [0.717, 1.165) is 12.8 Å². The first-order chi connectivity index (χ1) is 12.4. The van der Waals surface area contributed by atoms with Crippen LogP contribution in [0.2, 0.25) is 0 Å². The minimum atomic E-state index is -1.11. The normalized spacial score (nSPS) is 13.2. The van der Waals surface area contributed by atoms with Gasteiger partial charge in [0.1, 0.15) is 11.9 Å². The number of hydrogen-bond donors (Lipinski definition) is 0. The number of rotatable bonds is 10. The van der Waals surface area contributed by atoms with Crippen molar-refractivity contribution >= 4 is 5.69 Å². The molecule has 0 amide bonds. The van der Waals surface area contributed by atoms with Crippen molar-refractivity contribution in [1.29, 1.82) is 0 Å². The molecule has 0 saturated heterocycles. The van der Waals surface area contributed by atoms with Gasteiger partial charge in [0.05, 0.1) is 4.92 Å². The van der Waals surface area contributed by atoms with Gasteiger partial charge in [-0.05, 0) is 31.0 Å². The van der Waals surface area contributed by atoms with Crippen molar-refractivity contribution in [2.24, 2.45) is 0 Å². The van der Waals surface area contributed by atoms with Gasteiger partial charge in [-0.2, -0.15) is 0 Å². The van der Waals surface area contributed by atoms with E-state index in [-0.39, 0.29) is 5.69 Å². The fraction of sp³-hybridized carbons (Fsp3) is 0.438. The van der Waals surface area contributed by atoms with Crippen LogP contribution in [0.3, 0.4) is 0 Å². The van der Waals surface area contributed by atoms with Crippen LogP contribution in [0.1, 0.15) is 43.5 Å². The fourth-order valence-corrected chi connectivity index (χ4v) is 2.48. The lowest BCUT2D eigenvalue weighted by Gasteiger charge is -2.27. The molecule has 0 aliphatic carbocycles. The van der Waals surface area contributed by atoms with Gasteiger partial charge >= 0.3 is 0 Å². The summed E-state index contributed by atoms with van der Waals surface area (Å²) in [5.41, 5.74) is 0.457. The third kappa shape index (κ3) is 4.76. The van der Waals surface area contributed by atoms with E-state index < -0.39 is 22.3 Å². The molecule has 2 atom stereocenters. The zero-order valence-electron chi connectivity index (χ0n) is 14.5. The molecule has 0 bridgehead atoms. The van der Waals surface area contributed by atoms with Crippen LogP contribution in [0.25, 0.3) is 0 Å². The Hall–Kier alpha value is -3.01. The van der Waals surface area contributed by atoms with Crippen molar-refractivity contribution in [1.82, 2.24) is 9.55 Å². The summed E-state index contributed by atoms with van der Waals surface area (Å²) < 4.78 is 7.36. The molecular weight excluding hydrogens is 344 g/mol. The number of benzene rings is 1. The molecule has 2 unspecified atom stereocenters. The maximum Gasteiger partial charge on any atom is 0.296 e. The molecule has 26 heavy (non-hydrogen) atoms. The van der Waals surface area contributed by atoms with Gasteiger partial charge in [-0.25, -0.2) is 4.98 Å². The second-order valence-electron chi connectivity index (χ2n) is 5.59. The first kappa shape index (κ1) is 19.3. The molecule has 0 radical (unpaired) electrons. The predicted molar refractivity (Wildman–Crippen MR) is 90.8 cm³/mol.